The summed E-state index contributed by atoms with van der Waals surface area (Å²) < 4.78 is 4.95. The molecule has 1 rings (SSSR count). The number of ether oxygens (including phenoxy) is 1. The molecule has 0 heterocycles. The van der Waals surface area contributed by atoms with Crippen molar-refractivity contribution in [2.75, 3.05) is 14.1 Å². The lowest BCUT2D eigenvalue weighted by Crippen LogP contribution is -2.19. The van der Waals surface area contributed by atoms with Crippen LogP contribution in [0.2, 0.25) is 0 Å². The van der Waals surface area contributed by atoms with Crippen molar-refractivity contribution in [3.63, 3.8) is 0 Å². The molecule has 0 N–H and O–H groups in total. The van der Waals surface area contributed by atoms with Crippen molar-refractivity contribution < 1.29 is 9.53 Å². The van der Waals surface area contributed by atoms with Gasteiger partial charge in [0.1, 0.15) is 6.10 Å². The fourth-order valence-electron chi connectivity index (χ4n) is 1.04. The van der Waals surface area contributed by atoms with E-state index in [1.54, 1.807) is 0 Å². The van der Waals surface area contributed by atoms with Gasteiger partial charge in [-0.3, -0.25) is 4.79 Å². The van der Waals surface area contributed by atoms with Gasteiger partial charge in [0, 0.05) is 19.4 Å². The zero-order valence-electron chi connectivity index (χ0n) is 7.03. The lowest BCUT2D eigenvalue weighted by molar-refractivity contribution is -0.142. The molecule has 0 aliphatic heterocycles. The Hall–Kier alpha value is -0.280. The number of carbonyl (C=O) groups excluding carboxylic acids is 1. The van der Waals surface area contributed by atoms with E-state index in [-0.39, 0.29) is 24.5 Å². The van der Waals surface area contributed by atoms with Gasteiger partial charge in [0.05, 0.1) is 0 Å². The highest BCUT2D eigenvalue weighted by Gasteiger charge is 2.41. The average molecular weight is 180 g/mol. The summed E-state index contributed by atoms with van der Waals surface area (Å²) in [6.45, 7) is 1.45. The van der Waals surface area contributed by atoms with E-state index in [2.05, 4.69) is 4.90 Å². The standard InChI is InChI=1S/C7H13NO2.ClH/c1-5(9)10-7-4-6(7)8(2)3;/h6-7H,4H2,1-3H3;1H/t6-,7-;/m1./s1. The Morgan fingerprint density at radius 1 is 1.55 bits per heavy atom. The number of hydrogen-bond donors (Lipinski definition) is 0. The Bertz CT molecular complexity index is 149. The van der Waals surface area contributed by atoms with Crippen LogP contribution in [0.25, 0.3) is 0 Å². The minimum atomic E-state index is -0.172. The molecule has 0 radical (unpaired) electrons. The molecule has 3 nitrogen and oxygen atoms in total. The highest BCUT2D eigenvalue weighted by Crippen LogP contribution is 2.29. The van der Waals surface area contributed by atoms with Crippen molar-refractivity contribution in [3.8, 4) is 0 Å². The van der Waals surface area contributed by atoms with E-state index in [4.69, 9.17) is 4.74 Å². The van der Waals surface area contributed by atoms with Crippen molar-refractivity contribution in [1.29, 1.82) is 0 Å². The predicted octanol–water partition coefficient (Wildman–Crippen LogP) is 0.674. The van der Waals surface area contributed by atoms with Crippen LogP contribution in [0.3, 0.4) is 0 Å². The molecule has 0 aromatic carbocycles. The van der Waals surface area contributed by atoms with Crippen LogP contribution in [0.15, 0.2) is 0 Å². The second-order valence-electron chi connectivity index (χ2n) is 2.91. The number of halogens is 1. The summed E-state index contributed by atoms with van der Waals surface area (Å²) in [5.41, 5.74) is 0. The number of carbonyl (C=O) groups is 1. The Balaban J connectivity index is 0.000001000. The van der Waals surface area contributed by atoms with Crippen molar-refractivity contribution in [2.45, 2.75) is 25.5 Å². The molecular formula is C7H14ClNO2. The Morgan fingerprint density at radius 2 is 2.09 bits per heavy atom. The maximum atomic E-state index is 10.4. The quantitative estimate of drug-likeness (QED) is 0.584. The molecule has 2 atom stereocenters. The summed E-state index contributed by atoms with van der Waals surface area (Å²) in [5.74, 6) is -0.172. The van der Waals surface area contributed by atoms with E-state index in [9.17, 15) is 4.79 Å². The first-order valence-corrected chi connectivity index (χ1v) is 3.45. The van der Waals surface area contributed by atoms with Crippen LogP contribution in [-0.4, -0.2) is 37.1 Å². The molecule has 0 spiro atoms. The lowest BCUT2D eigenvalue weighted by atomic mass is 10.6. The van der Waals surface area contributed by atoms with Crippen LogP contribution >= 0.6 is 12.4 Å². The average Bonchev–Trinajstić information content (AvgIpc) is 2.43. The molecule has 1 aliphatic rings. The zero-order chi connectivity index (χ0) is 7.72. The third-order valence-corrected chi connectivity index (χ3v) is 1.68. The summed E-state index contributed by atoms with van der Waals surface area (Å²) in [6.07, 6.45) is 1.15. The Morgan fingerprint density at radius 3 is 2.36 bits per heavy atom. The van der Waals surface area contributed by atoms with E-state index in [0.29, 0.717) is 6.04 Å². The summed E-state index contributed by atoms with van der Waals surface area (Å²) in [6, 6.07) is 0.462. The van der Waals surface area contributed by atoms with E-state index < -0.39 is 0 Å². The van der Waals surface area contributed by atoms with Crippen molar-refractivity contribution in [3.05, 3.63) is 0 Å². The van der Waals surface area contributed by atoms with Gasteiger partial charge in [0.2, 0.25) is 0 Å². The van der Waals surface area contributed by atoms with Gasteiger partial charge in [-0.2, -0.15) is 0 Å². The largest absolute Gasteiger partial charge is 0.461 e. The van der Waals surface area contributed by atoms with Crippen molar-refractivity contribution in [1.82, 2.24) is 4.90 Å². The third kappa shape index (κ3) is 3.08. The van der Waals surface area contributed by atoms with Crippen LogP contribution in [-0.2, 0) is 9.53 Å². The number of rotatable bonds is 2. The predicted molar refractivity (Wildman–Crippen MR) is 44.9 cm³/mol. The van der Waals surface area contributed by atoms with Gasteiger partial charge in [-0.25, -0.2) is 0 Å². The topological polar surface area (TPSA) is 29.5 Å². The minimum Gasteiger partial charge on any atom is -0.461 e. The number of likely N-dealkylation sites (N-methyl/N-ethyl adjacent to an activating group) is 1. The second-order valence-corrected chi connectivity index (χ2v) is 2.91. The minimum absolute atomic E-state index is 0. The molecule has 0 amide bonds. The maximum absolute atomic E-state index is 10.4. The maximum Gasteiger partial charge on any atom is 0.302 e. The summed E-state index contributed by atoms with van der Waals surface area (Å²) in [4.78, 5) is 12.5. The van der Waals surface area contributed by atoms with Gasteiger partial charge in [-0.05, 0) is 14.1 Å². The lowest BCUT2D eigenvalue weighted by Gasteiger charge is -2.07. The molecule has 66 valence electrons. The molecule has 11 heavy (non-hydrogen) atoms. The number of nitrogens with zero attached hydrogens (tertiary/aromatic N) is 1. The van der Waals surface area contributed by atoms with E-state index in [0.717, 1.165) is 6.42 Å². The normalized spacial score (nSPS) is 27.6. The van der Waals surface area contributed by atoms with Crippen molar-refractivity contribution in [2.24, 2.45) is 0 Å². The van der Waals surface area contributed by atoms with Gasteiger partial charge in [0.25, 0.3) is 0 Å². The van der Waals surface area contributed by atoms with Crippen molar-refractivity contribution >= 4 is 18.4 Å². The van der Waals surface area contributed by atoms with Gasteiger partial charge < -0.3 is 9.64 Å². The van der Waals surface area contributed by atoms with Gasteiger partial charge in [-0.15, -0.1) is 12.4 Å². The Kier molecular flexibility index (Phi) is 3.83. The van der Waals surface area contributed by atoms with Gasteiger partial charge >= 0.3 is 5.97 Å². The fourth-order valence-corrected chi connectivity index (χ4v) is 1.04. The van der Waals surface area contributed by atoms with Crippen LogP contribution in [0.1, 0.15) is 13.3 Å². The SMILES string of the molecule is CC(=O)O[C@@H]1C[C@H]1N(C)C.Cl. The molecular weight excluding hydrogens is 166 g/mol. The molecule has 1 fully saturated rings. The van der Waals surface area contributed by atoms with Gasteiger partial charge in [-0.1, -0.05) is 0 Å². The molecule has 0 unspecified atom stereocenters. The zero-order valence-corrected chi connectivity index (χ0v) is 7.85. The highest BCUT2D eigenvalue weighted by atomic mass is 35.5. The molecule has 1 aliphatic carbocycles. The van der Waals surface area contributed by atoms with Crippen LogP contribution in [0.4, 0.5) is 0 Å². The summed E-state index contributed by atoms with van der Waals surface area (Å²) in [7, 11) is 3.99. The van der Waals surface area contributed by atoms with E-state index in [1.807, 2.05) is 14.1 Å². The fraction of sp³-hybridized carbons (Fsp3) is 0.857. The molecule has 1 saturated carbocycles. The second kappa shape index (κ2) is 3.93. The highest BCUT2D eigenvalue weighted by molar-refractivity contribution is 5.85. The first-order valence-electron chi connectivity index (χ1n) is 3.45. The molecule has 4 heteroatoms. The third-order valence-electron chi connectivity index (χ3n) is 1.68. The first-order chi connectivity index (χ1) is 4.61. The summed E-state index contributed by atoms with van der Waals surface area (Å²) in [5, 5.41) is 0. The Labute approximate surface area is 73.1 Å². The molecule has 0 aromatic rings. The van der Waals surface area contributed by atoms with Crippen LogP contribution in [0, 0.1) is 0 Å². The molecule has 0 aromatic heterocycles. The van der Waals surface area contributed by atoms with Crippen LogP contribution < -0.4 is 0 Å². The van der Waals surface area contributed by atoms with Gasteiger partial charge in [0.15, 0.2) is 0 Å². The number of hydrogen-bond acceptors (Lipinski definition) is 3. The monoisotopic (exact) mass is 179 g/mol. The van der Waals surface area contributed by atoms with E-state index in [1.165, 1.54) is 6.92 Å². The molecule has 0 bridgehead atoms. The smallest absolute Gasteiger partial charge is 0.302 e. The molecule has 0 saturated heterocycles. The number of esters is 1. The van der Waals surface area contributed by atoms with Crippen LogP contribution in [0.5, 0.6) is 0 Å². The summed E-state index contributed by atoms with van der Waals surface area (Å²) >= 11 is 0. The van der Waals surface area contributed by atoms with E-state index >= 15 is 0 Å². The first kappa shape index (κ1) is 10.7.